The molecular weight excluding hydrogens is 254 g/mol. The lowest BCUT2D eigenvalue weighted by atomic mass is 10.3. The van der Waals surface area contributed by atoms with Gasteiger partial charge in [0.2, 0.25) is 0 Å². The average molecular weight is 265 g/mol. The van der Waals surface area contributed by atoms with Crippen LogP contribution in [0.25, 0.3) is 0 Å². The summed E-state index contributed by atoms with van der Waals surface area (Å²) in [6.45, 7) is 0. The number of anilines is 2. The highest BCUT2D eigenvalue weighted by molar-refractivity contribution is 7.92. The SMILES string of the molecule is Nc1ccccc1S(=O)(=O)Nc1ccc(O)cn1. The van der Waals surface area contributed by atoms with Crippen LogP contribution in [0.15, 0.2) is 47.5 Å². The van der Waals surface area contributed by atoms with E-state index >= 15 is 0 Å². The smallest absolute Gasteiger partial charge is 0.265 e. The lowest BCUT2D eigenvalue weighted by Gasteiger charge is -2.09. The molecule has 0 saturated carbocycles. The Labute approximate surface area is 104 Å². The summed E-state index contributed by atoms with van der Waals surface area (Å²) < 4.78 is 26.3. The number of aromatic hydroxyl groups is 1. The number of nitrogen functional groups attached to an aromatic ring is 1. The van der Waals surface area contributed by atoms with E-state index in [0.29, 0.717) is 0 Å². The van der Waals surface area contributed by atoms with Crippen LogP contribution in [0.3, 0.4) is 0 Å². The molecule has 7 heteroatoms. The third-order valence-electron chi connectivity index (χ3n) is 2.20. The first kappa shape index (κ1) is 12.2. The van der Waals surface area contributed by atoms with E-state index in [-0.39, 0.29) is 22.2 Å². The number of rotatable bonds is 3. The van der Waals surface area contributed by atoms with Gasteiger partial charge in [0.1, 0.15) is 16.5 Å². The van der Waals surface area contributed by atoms with Gasteiger partial charge in [0.15, 0.2) is 0 Å². The fraction of sp³-hybridized carbons (Fsp3) is 0. The van der Waals surface area contributed by atoms with Crippen molar-refractivity contribution in [1.29, 1.82) is 0 Å². The molecule has 94 valence electrons. The van der Waals surface area contributed by atoms with Crippen LogP contribution in [-0.2, 0) is 10.0 Å². The van der Waals surface area contributed by atoms with Gasteiger partial charge in [-0.2, -0.15) is 0 Å². The lowest BCUT2D eigenvalue weighted by molar-refractivity contribution is 0.473. The number of hydrogen-bond acceptors (Lipinski definition) is 5. The zero-order valence-electron chi connectivity index (χ0n) is 9.24. The molecular formula is C11H11N3O3S. The maximum atomic E-state index is 12.0. The average Bonchev–Trinajstić information content (AvgIpc) is 2.32. The molecule has 1 heterocycles. The Hall–Kier alpha value is -2.28. The summed E-state index contributed by atoms with van der Waals surface area (Å²) in [6.07, 6.45) is 1.15. The van der Waals surface area contributed by atoms with Crippen LogP contribution < -0.4 is 10.5 Å². The number of nitrogens with one attached hydrogen (secondary N) is 1. The van der Waals surface area contributed by atoms with Gasteiger partial charge in [0.05, 0.1) is 11.9 Å². The quantitative estimate of drug-likeness (QED) is 0.722. The number of aromatic nitrogens is 1. The van der Waals surface area contributed by atoms with Crippen molar-refractivity contribution in [3.8, 4) is 5.75 Å². The number of benzene rings is 1. The highest BCUT2D eigenvalue weighted by Crippen LogP contribution is 2.20. The van der Waals surface area contributed by atoms with Gasteiger partial charge >= 0.3 is 0 Å². The van der Waals surface area contributed by atoms with Crippen LogP contribution in [-0.4, -0.2) is 18.5 Å². The second-order valence-electron chi connectivity index (χ2n) is 3.54. The minimum atomic E-state index is -3.78. The first-order valence-electron chi connectivity index (χ1n) is 5.01. The van der Waals surface area contributed by atoms with Crippen molar-refractivity contribution in [3.05, 3.63) is 42.6 Å². The number of sulfonamides is 1. The summed E-state index contributed by atoms with van der Waals surface area (Å²) in [5, 5.41) is 9.06. The van der Waals surface area contributed by atoms with Gasteiger partial charge in [-0.25, -0.2) is 13.4 Å². The van der Waals surface area contributed by atoms with Crippen LogP contribution in [0.4, 0.5) is 11.5 Å². The van der Waals surface area contributed by atoms with Gasteiger partial charge in [-0.15, -0.1) is 0 Å². The molecule has 2 rings (SSSR count). The fourth-order valence-corrected chi connectivity index (χ4v) is 2.51. The molecule has 0 aliphatic rings. The maximum Gasteiger partial charge on any atom is 0.265 e. The van der Waals surface area contributed by atoms with E-state index in [0.717, 1.165) is 6.20 Å². The van der Waals surface area contributed by atoms with E-state index in [1.165, 1.54) is 24.3 Å². The van der Waals surface area contributed by atoms with Crippen LogP contribution in [0.2, 0.25) is 0 Å². The van der Waals surface area contributed by atoms with E-state index in [1.54, 1.807) is 12.1 Å². The molecule has 1 aromatic carbocycles. The van der Waals surface area contributed by atoms with Crippen LogP contribution in [0, 0.1) is 0 Å². The Morgan fingerprint density at radius 3 is 2.50 bits per heavy atom. The van der Waals surface area contributed by atoms with Gasteiger partial charge in [0.25, 0.3) is 10.0 Å². The third-order valence-corrected chi connectivity index (χ3v) is 3.62. The van der Waals surface area contributed by atoms with Crippen molar-refractivity contribution >= 4 is 21.5 Å². The third kappa shape index (κ3) is 2.51. The van der Waals surface area contributed by atoms with Crippen molar-refractivity contribution in [1.82, 2.24) is 4.98 Å². The summed E-state index contributed by atoms with van der Waals surface area (Å²) in [7, 11) is -3.78. The van der Waals surface area contributed by atoms with Crippen molar-refractivity contribution in [2.24, 2.45) is 0 Å². The first-order chi connectivity index (χ1) is 8.49. The second kappa shape index (κ2) is 4.53. The summed E-state index contributed by atoms with van der Waals surface area (Å²) in [5.74, 6) is 0.0632. The molecule has 0 fully saturated rings. The normalized spacial score (nSPS) is 11.1. The zero-order chi connectivity index (χ0) is 13.2. The number of para-hydroxylation sites is 1. The highest BCUT2D eigenvalue weighted by Gasteiger charge is 2.17. The van der Waals surface area contributed by atoms with Gasteiger partial charge < -0.3 is 10.8 Å². The molecule has 0 saturated heterocycles. The summed E-state index contributed by atoms with van der Waals surface area (Å²) in [6, 6.07) is 8.81. The standard InChI is InChI=1S/C11H11N3O3S/c12-9-3-1-2-4-10(9)18(16,17)14-11-6-5-8(15)7-13-11/h1-7,15H,12H2,(H,13,14). The van der Waals surface area contributed by atoms with Gasteiger partial charge in [-0.1, -0.05) is 12.1 Å². The zero-order valence-corrected chi connectivity index (χ0v) is 10.1. The second-order valence-corrected chi connectivity index (χ2v) is 5.20. The largest absolute Gasteiger partial charge is 0.506 e. The summed E-state index contributed by atoms with van der Waals surface area (Å²) >= 11 is 0. The van der Waals surface area contributed by atoms with Crippen molar-refractivity contribution < 1.29 is 13.5 Å². The predicted molar refractivity (Wildman–Crippen MR) is 67.6 cm³/mol. The lowest BCUT2D eigenvalue weighted by Crippen LogP contribution is -2.15. The number of hydrogen-bond donors (Lipinski definition) is 3. The monoisotopic (exact) mass is 265 g/mol. The molecule has 0 spiro atoms. The van der Waals surface area contributed by atoms with Crippen molar-refractivity contribution in [2.75, 3.05) is 10.5 Å². The molecule has 4 N–H and O–H groups in total. The summed E-state index contributed by atoms with van der Waals surface area (Å²) in [5.41, 5.74) is 5.76. The van der Waals surface area contributed by atoms with Gasteiger partial charge in [0, 0.05) is 0 Å². The molecule has 0 atom stereocenters. The molecule has 2 aromatic rings. The molecule has 18 heavy (non-hydrogen) atoms. The molecule has 0 unspecified atom stereocenters. The van der Waals surface area contributed by atoms with E-state index in [2.05, 4.69) is 9.71 Å². The van der Waals surface area contributed by atoms with Crippen LogP contribution in [0.5, 0.6) is 5.75 Å². The van der Waals surface area contributed by atoms with Crippen molar-refractivity contribution in [2.45, 2.75) is 4.90 Å². The highest BCUT2D eigenvalue weighted by atomic mass is 32.2. The van der Waals surface area contributed by atoms with E-state index in [4.69, 9.17) is 10.8 Å². The number of pyridine rings is 1. The Kier molecular flexibility index (Phi) is 3.07. The summed E-state index contributed by atoms with van der Waals surface area (Å²) in [4.78, 5) is 3.72. The molecule has 0 bridgehead atoms. The molecule has 1 aromatic heterocycles. The predicted octanol–water partition coefficient (Wildman–Crippen LogP) is 1.17. The van der Waals surface area contributed by atoms with Crippen LogP contribution in [0.1, 0.15) is 0 Å². The minimum absolute atomic E-state index is 0.0140. The molecule has 6 nitrogen and oxygen atoms in total. The molecule has 0 aliphatic heterocycles. The molecule has 0 aliphatic carbocycles. The van der Waals surface area contributed by atoms with Crippen LogP contribution >= 0.6 is 0 Å². The Balaban J connectivity index is 2.33. The first-order valence-corrected chi connectivity index (χ1v) is 6.50. The minimum Gasteiger partial charge on any atom is -0.506 e. The maximum absolute atomic E-state index is 12.0. The van der Waals surface area contributed by atoms with Gasteiger partial charge in [-0.05, 0) is 24.3 Å². The Morgan fingerprint density at radius 1 is 1.17 bits per heavy atom. The van der Waals surface area contributed by atoms with E-state index in [9.17, 15) is 8.42 Å². The molecule has 0 radical (unpaired) electrons. The van der Waals surface area contributed by atoms with Crippen molar-refractivity contribution in [3.63, 3.8) is 0 Å². The Bertz CT molecular complexity index is 653. The Morgan fingerprint density at radius 2 is 1.89 bits per heavy atom. The number of nitrogens with two attached hydrogens (primary N) is 1. The molecule has 0 amide bonds. The topological polar surface area (TPSA) is 105 Å². The van der Waals surface area contributed by atoms with E-state index in [1.807, 2.05) is 0 Å². The van der Waals surface area contributed by atoms with E-state index < -0.39 is 10.0 Å². The van der Waals surface area contributed by atoms with Gasteiger partial charge in [-0.3, -0.25) is 4.72 Å². The number of nitrogens with zero attached hydrogens (tertiary/aromatic N) is 1. The fourth-order valence-electron chi connectivity index (χ4n) is 1.36.